The molecule has 0 aliphatic heterocycles. The first-order valence-corrected chi connectivity index (χ1v) is 7.38. The number of nitro groups is 1. The normalized spacial score (nSPS) is 12.3. The van der Waals surface area contributed by atoms with Crippen LogP contribution < -0.4 is 21.8 Å². The molecule has 2 N–H and O–H groups in total. The summed E-state index contributed by atoms with van der Waals surface area (Å²) >= 11 is 0. The zero-order valence-corrected chi connectivity index (χ0v) is 12.9. The van der Waals surface area contributed by atoms with Crippen molar-refractivity contribution in [1.29, 1.82) is 0 Å². The summed E-state index contributed by atoms with van der Waals surface area (Å²) in [6.07, 6.45) is 3.03. The van der Waals surface area contributed by atoms with Crippen LogP contribution >= 0.6 is 0 Å². The van der Waals surface area contributed by atoms with Gasteiger partial charge in [-0.05, 0) is 35.4 Å². The number of hydrogen-bond donors (Lipinski definition) is 2. The number of hydrogen-bond acceptors (Lipinski definition) is 4. The molecular formula is C18H13N3O4. The van der Waals surface area contributed by atoms with Gasteiger partial charge in [-0.25, -0.2) is 0 Å². The smallest absolute Gasteiger partial charge is 0.272 e. The lowest BCUT2D eigenvalue weighted by Crippen LogP contribution is -2.46. The predicted octanol–water partition coefficient (Wildman–Crippen LogP) is 0.629. The van der Waals surface area contributed by atoms with Gasteiger partial charge >= 0.3 is 0 Å². The van der Waals surface area contributed by atoms with Gasteiger partial charge in [0.05, 0.1) is 4.92 Å². The van der Waals surface area contributed by atoms with E-state index in [1.165, 1.54) is 30.3 Å². The number of nitrogens with zero attached hydrogens (tertiary/aromatic N) is 1. The third-order valence-corrected chi connectivity index (χ3v) is 3.51. The van der Waals surface area contributed by atoms with E-state index in [9.17, 15) is 19.7 Å². The number of aromatic amines is 2. The molecule has 0 bridgehead atoms. The van der Waals surface area contributed by atoms with Crippen molar-refractivity contribution in [3.8, 4) is 0 Å². The molecule has 7 heteroatoms. The van der Waals surface area contributed by atoms with Crippen LogP contribution in [-0.2, 0) is 0 Å². The van der Waals surface area contributed by atoms with Crippen molar-refractivity contribution >= 4 is 17.8 Å². The third-order valence-electron chi connectivity index (χ3n) is 3.51. The zero-order valence-electron chi connectivity index (χ0n) is 12.9. The van der Waals surface area contributed by atoms with Crippen LogP contribution in [0.2, 0.25) is 0 Å². The van der Waals surface area contributed by atoms with Crippen LogP contribution in [0.1, 0.15) is 11.1 Å². The Morgan fingerprint density at radius 3 is 1.72 bits per heavy atom. The highest BCUT2D eigenvalue weighted by molar-refractivity contribution is 5.51. The standard InChI is InChI=1S/C18H13N3O4/c22-17-15(10-12-4-2-1-3-5-12)19-18(23)16(20-17)11-13-6-8-14(9-7-13)21(24)25/h1-11H,(H,19,23)(H,20,22)/b15-10-,16-11+. The van der Waals surface area contributed by atoms with Crippen LogP contribution in [0.5, 0.6) is 0 Å². The highest BCUT2D eigenvalue weighted by atomic mass is 16.6. The lowest BCUT2D eigenvalue weighted by atomic mass is 10.2. The van der Waals surface area contributed by atoms with E-state index in [1.807, 2.05) is 30.3 Å². The van der Waals surface area contributed by atoms with E-state index in [0.29, 0.717) is 5.56 Å². The van der Waals surface area contributed by atoms with Crippen molar-refractivity contribution < 1.29 is 4.92 Å². The van der Waals surface area contributed by atoms with E-state index in [2.05, 4.69) is 9.97 Å². The molecule has 0 atom stereocenters. The first-order chi connectivity index (χ1) is 12.0. The molecule has 1 heterocycles. The van der Waals surface area contributed by atoms with Gasteiger partial charge in [-0.1, -0.05) is 30.3 Å². The van der Waals surface area contributed by atoms with Crippen LogP contribution in [0.3, 0.4) is 0 Å². The highest BCUT2D eigenvalue weighted by Gasteiger charge is 2.03. The maximum atomic E-state index is 12.2. The number of non-ortho nitro benzene ring substituents is 1. The van der Waals surface area contributed by atoms with E-state index >= 15 is 0 Å². The van der Waals surface area contributed by atoms with Crippen LogP contribution in [0.25, 0.3) is 12.2 Å². The van der Waals surface area contributed by atoms with Gasteiger partial charge < -0.3 is 9.97 Å². The molecule has 0 aliphatic carbocycles. The second kappa shape index (κ2) is 6.79. The Bertz CT molecular complexity index is 1140. The van der Waals surface area contributed by atoms with Gasteiger partial charge in [-0.2, -0.15) is 0 Å². The lowest BCUT2D eigenvalue weighted by Gasteiger charge is -1.95. The Labute approximate surface area is 140 Å². The molecule has 7 nitrogen and oxygen atoms in total. The summed E-state index contributed by atoms with van der Waals surface area (Å²) in [6.45, 7) is 0. The Hall–Kier alpha value is -3.74. The number of benzene rings is 2. The van der Waals surface area contributed by atoms with Gasteiger partial charge in [-0.3, -0.25) is 19.7 Å². The quantitative estimate of drug-likeness (QED) is 0.540. The second-order valence-electron chi connectivity index (χ2n) is 5.28. The summed E-state index contributed by atoms with van der Waals surface area (Å²) in [5.41, 5.74) is 0.409. The minimum Gasteiger partial charge on any atom is -0.316 e. The molecule has 0 spiro atoms. The largest absolute Gasteiger partial charge is 0.316 e. The molecule has 2 aromatic carbocycles. The zero-order chi connectivity index (χ0) is 17.8. The van der Waals surface area contributed by atoms with Crippen molar-refractivity contribution in [3.05, 3.63) is 107 Å². The Morgan fingerprint density at radius 1 is 0.760 bits per heavy atom. The molecule has 0 radical (unpaired) electrons. The van der Waals surface area contributed by atoms with Crippen molar-refractivity contribution in [2.45, 2.75) is 0 Å². The molecule has 0 saturated heterocycles. The highest BCUT2D eigenvalue weighted by Crippen LogP contribution is 2.11. The summed E-state index contributed by atoms with van der Waals surface area (Å²) in [6, 6.07) is 14.8. The first kappa shape index (κ1) is 16.1. The number of H-pyrrole nitrogens is 2. The summed E-state index contributed by atoms with van der Waals surface area (Å²) in [5.74, 6) is 0. The average Bonchev–Trinajstić information content (AvgIpc) is 2.60. The summed E-state index contributed by atoms with van der Waals surface area (Å²) in [4.78, 5) is 39.6. The fraction of sp³-hybridized carbons (Fsp3) is 0. The summed E-state index contributed by atoms with van der Waals surface area (Å²) in [5, 5.41) is 10.9. The van der Waals surface area contributed by atoms with Gasteiger partial charge in [0.15, 0.2) is 0 Å². The summed E-state index contributed by atoms with van der Waals surface area (Å²) in [7, 11) is 0. The van der Waals surface area contributed by atoms with Gasteiger partial charge in [0.1, 0.15) is 10.7 Å². The molecule has 25 heavy (non-hydrogen) atoms. The molecule has 0 aliphatic rings. The topological polar surface area (TPSA) is 109 Å². The molecule has 3 aromatic rings. The number of nitrogens with one attached hydrogen (secondary N) is 2. The monoisotopic (exact) mass is 335 g/mol. The second-order valence-corrected chi connectivity index (χ2v) is 5.28. The molecule has 124 valence electrons. The van der Waals surface area contributed by atoms with Gasteiger partial charge in [0, 0.05) is 12.1 Å². The Balaban J connectivity index is 2.06. The van der Waals surface area contributed by atoms with Crippen molar-refractivity contribution in [2.24, 2.45) is 0 Å². The molecule has 0 unspecified atom stereocenters. The van der Waals surface area contributed by atoms with Crippen LogP contribution in [0, 0.1) is 10.1 Å². The summed E-state index contributed by atoms with van der Waals surface area (Å²) < 4.78 is 0. The van der Waals surface area contributed by atoms with E-state index in [-0.39, 0.29) is 16.4 Å². The lowest BCUT2D eigenvalue weighted by molar-refractivity contribution is -0.384. The van der Waals surface area contributed by atoms with E-state index in [4.69, 9.17) is 0 Å². The SMILES string of the molecule is O=c1[nH]/c(=C/c2ccc([N+](=O)[O-])cc2)c(=O)[nH]/c1=C\c1ccccc1. The Kier molecular flexibility index (Phi) is 4.38. The van der Waals surface area contributed by atoms with Gasteiger partial charge in [0.2, 0.25) is 0 Å². The number of rotatable bonds is 3. The van der Waals surface area contributed by atoms with Gasteiger partial charge in [0.25, 0.3) is 16.8 Å². The molecule has 3 rings (SSSR count). The van der Waals surface area contributed by atoms with E-state index in [0.717, 1.165) is 5.56 Å². The van der Waals surface area contributed by atoms with Crippen molar-refractivity contribution in [3.63, 3.8) is 0 Å². The third kappa shape index (κ3) is 3.78. The van der Waals surface area contributed by atoms with Crippen LogP contribution in [0.15, 0.2) is 64.2 Å². The Morgan fingerprint density at radius 2 is 1.24 bits per heavy atom. The minimum absolute atomic E-state index is 0.0487. The first-order valence-electron chi connectivity index (χ1n) is 7.38. The predicted molar refractivity (Wildman–Crippen MR) is 93.6 cm³/mol. The van der Waals surface area contributed by atoms with Crippen LogP contribution in [-0.4, -0.2) is 14.9 Å². The van der Waals surface area contributed by atoms with Crippen molar-refractivity contribution in [2.75, 3.05) is 0 Å². The maximum Gasteiger partial charge on any atom is 0.272 e. The molecule has 0 amide bonds. The maximum absolute atomic E-state index is 12.2. The minimum atomic E-state index is -0.507. The van der Waals surface area contributed by atoms with E-state index in [1.54, 1.807) is 6.08 Å². The number of nitro benzene ring substituents is 1. The average molecular weight is 335 g/mol. The molecule has 1 aromatic heterocycles. The fourth-order valence-electron chi connectivity index (χ4n) is 2.27. The van der Waals surface area contributed by atoms with Crippen LogP contribution in [0.4, 0.5) is 5.69 Å². The van der Waals surface area contributed by atoms with Crippen molar-refractivity contribution in [1.82, 2.24) is 9.97 Å². The fourth-order valence-corrected chi connectivity index (χ4v) is 2.27. The molecular weight excluding hydrogens is 322 g/mol. The van der Waals surface area contributed by atoms with Gasteiger partial charge in [-0.15, -0.1) is 0 Å². The molecule has 0 fully saturated rings. The number of aromatic nitrogens is 2. The van der Waals surface area contributed by atoms with E-state index < -0.39 is 16.0 Å². The molecule has 0 saturated carbocycles.